The molecule has 4 atom stereocenters. The quantitative estimate of drug-likeness (QED) is 0.622. The van der Waals surface area contributed by atoms with Crippen LogP contribution in [0.4, 0.5) is 5.69 Å². The van der Waals surface area contributed by atoms with Crippen molar-refractivity contribution in [2.24, 2.45) is 0 Å². The van der Waals surface area contributed by atoms with Crippen molar-refractivity contribution in [1.82, 2.24) is 5.32 Å². The summed E-state index contributed by atoms with van der Waals surface area (Å²) < 4.78 is 10.8. The lowest BCUT2D eigenvalue weighted by atomic mass is 9.78. The summed E-state index contributed by atoms with van der Waals surface area (Å²) in [6, 6.07) is 11.0. The van der Waals surface area contributed by atoms with E-state index in [0.29, 0.717) is 22.7 Å². The first kappa shape index (κ1) is 16.1. The van der Waals surface area contributed by atoms with Crippen molar-refractivity contribution in [3.05, 3.63) is 63.7 Å². The highest BCUT2D eigenvalue weighted by atomic mass is 16.7. The van der Waals surface area contributed by atoms with Crippen LogP contribution in [-0.2, 0) is 10.3 Å². The molecule has 1 spiro atoms. The number of hydrogen-bond donors (Lipinski definition) is 2. The summed E-state index contributed by atoms with van der Waals surface area (Å²) in [6.07, 6.45) is 0. The van der Waals surface area contributed by atoms with E-state index >= 15 is 0 Å². The number of nitrogens with one attached hydrogen (secondary N) is 2. The number of carbonyl (C=O) groups excluding carboxylic acids is 1. The topological polar surface area (TPSA) is 103 Å². The number of para-hydroxylation sites is 1. The van der Waals surface area contributed by atoms with Gasteiger partial charge in [-0.3, -0.25) is 20.2 Å². The molecule has 2 aromatic rings. The highest BCUT2D eigenvalue weighted by Crippen LogP contribution is 2.50. The van der Waals surface area contributed by atoms with Crippen LogP contribution in [0.25, 0.3) is 0 Å². The van der Waals surface area contributed by atoms with Crippen LogP contribution in [0.5, 0.6) is 11.5 Å². The Labute approximate surface area is 154 Å². The number of carbonyl (C=O) groups is 1. The Morgan fingerprint density at radius 3 is 2.78 bits per heavy atom. The lowest BCUT2D eigenvalue weighted by Gasteiger charge is -2.25. The van der Waals surface area contributed by atoms with Crippen LogP contribution in [0.15, 0.2) is 42.5 Å². The van der Waals surface area contributed by atoms with Gasteiger partial charge in [0.1, 0.15) is 0 Å². The molecule has 1 amide bonds. The van der Waals surface area contributed by atoms with Gasteiger partial charge in [-0.1, -0.05) is 24.3 Å². The van der Waals surface area contributed by atoms with E-state index in [1.54, 1.807) is 36.4 Å². The smallest absolute Gasteiger partial charge is 0.256 e. The molecule has 5 rings (SSSR count). The van der Waals surface area contributed by atoms with Gasteiger partial charge >= 0.3 is 0 Å². The largest absolute Gasteiger partial charge is 0.454 e. The number of hydrogen-bond acceptors (Lipinski definition) is 6. The Balaban J connectivity index is 1.66. The normalized spacial score (nSPS) is 30.4. The van der Waals surface area contributed by atoms with Crippen LogP contribution in [0.2, 0.25) is 0 Å². The second-order valence-corrected chi connectivity index (χ2v) is 7.11. The fourth-order valence-electron chi connectivity index (χ4n) is 4.67. The molecule has 0 saturated carbocycles. The second-order valence-electron chi connectivity index (χ2n) is 7.11. The zero-order valence-electron chi connectivity index (χ0n) is 14.5. The molecule has 3 aliphatic heterocycles. The molecule has 2 aromatic carbocycles. The number of fused-ring (bicyclic) bond motifs is 3. The minimum Gasteiger partial charge on any atom is -0.454 e. The highest BCUT2D eigenvalue weighted by Gasteiger charge is 2.67. The molecule has 0 bridgehead atoms. The van der Waals surface area contributed by atoms with E-state index in [-0.39, 0.29) is 23.7 Å². The number of benzene rings is 2. The third-order valence-corrected chi connectivity index (χ3v) is 5.74. The minimum atomic E-state index is -1.40. The van der Waals surface area contributed by atoms with E-state index in [2.05, 4.69) is 10.6 Å². The molecule has 138 valence electrons. The molecule has 8 nitrogen and oxygen atoms in total. The lowest BCUT2D eigenvalue weighted by Crippen LogP contribution is -2.54. The number of nitro groups is 1. The zero-order chi connectivity index (χ0) is 18.8. The van der Waals surface area contributed by atoms with E-state index in [9.17, 15) is 14.9 Å². The Morgan fingerprint density at radius 2 is 1.96 bits per heavy atom. The van der Waals surface area contributed by atoms with Crippen LogP contribution in [0.1, 0.15) is 24.0 Å². The van der Waals surface area contributed by atoms with E-state index < -0.39 is 17.5 Å². The molecule has 0 aromatic heterocycles. The zero-order valence-corrected chi connectivity index (χ0v) is 14.5. The molecule has 3 heterocycles. The Kier molecular flexibility index (Phi) is 3.23. The first-order chi connectivity index (χ1) is 13.0. The number of nitrogens with zero attached hydrogens (tertiary/aromatic N) is 1. The van der Waals surface area contributed by atoms with Gasteiger partial charge in [0.15, 0.2) is 17.0 Å². The van der Waals surface area contributed by atoms with Crippen molar-refractivity contribution in [3.63, 3.8) is 0 Å². The summed E-state index contributed by atoms with van der Waals surface area (Å²) >= 11 is 0. The fraction of sp³-hybridized carbons (Fsp3) is 0.316. The van der Waals surface area contributed by atoms with Gasteiger partial charge in [-0.05, 0) is 30.7 Å². The third kappa shape index (κ3) is 2.04. The fourth-order valence-corrected chi connectivity index (χ4v) is 4.67. The number of rotatable bonds is 2. The van der Waals surface area contributed by atoms with Gasteiger partial charge in [0.25, 0.3) is 11.9 Å². The summed E-state index contributed by atoms with van der Waals surface area (Å²) in [4.78, 5) is 24.8. The number of amides is 1. The first-order valence-electron chi connectivity index (χ1n) is 8.74. The van der Waals surface area contributed by atoms with Gasteiger partial charge in [0, 0.05) is 22.2 Å². The average molecular weight is 367 g/mol. The van der Waals surface area contributed by atoms with Crippen molar-refractivity contribution < 1.29 is 19.2 Å². The minimum absolute atomic E-state index is 0.135. The molecule has 0 unspecified atom stereocenters. The lowest BCUT2D eigenvalue weighted by molar-refractivity contribution is -0.532. The summed E-state index contributed by atoms with van der Waals surface area (Å²) in [7, 11) is 0. The van der Waals surface area contributed by atoms with E-state index in [1.807, 2.05) is 13.0 Å². The van der Waals surface area contributed by atoms with E-state index in [0.717, 1.165) is 5.56 Å². The molecule has 27 heavy (non-hydrogen) atoms. The molecule has 0 aliphatic carbocycles. The van der Waals surface area contributed by atoms with Gasteiger partial charge in [-0.15, -0.1) is 0 Å². The van der Waals surface area contributed by atoms with Gasteiger partial charge < -0.3 is 14.8 Å². The Hall–Kier alpha value is -3.13. The molecular weight excluding hydrogens is 350 g/mol. The van der Waals surface area contributed by atoms with E-state index in [4.69, 9.17) is 9.47 Å². The highest BCUT2D eigenvalue weighted by molar-refractivity contribution is 6.07. The molecule has 0 radical (unpaired) electrons. The SMILES string of the molecule is C[C@@H]1N[C@]2(C(=O)Nc3ccccc32)[C@H]([N+](=O)[O-])[C@H]1c1ccc2c(c1)OCO2. The van der Waals surface area contributed by atoms with Crippen LogP contribution in [0.3, 0.4) is 0 Å². The first-order valence-corrected chi connectivity index (χ1v) is 8.74. The van der Waals surface area contributed by atoms with Crippen LogP contribution < -0.4 is 20.1 Å². The van der Waals surface area contributed by atoms with Gasteiger partial charge in [0.2, 0.25) is 6.79 Å². The second kappa shape index (κ2) is 5.43. The Bertz CT molecular complexity index is 978. The number of anilines is 1. The van der Waals surface area contributed by atoms with Crippen molar-refractivity contribution in [3.8, 4) is 11.5 Å². The maximum Gasteiger partial charge on any atom is 0.256 e. The average Bonchev–Trinajstić information content (AvgIpc) is 3.30. The molecule has 2 N–H and O–H groups in total. The Morgan fingerprint density at radius 1 is 1.19 bits per heavy atom. The van der Waals surface area contributed by atoms with Gasteiger partial charge in [-0.25, -0.2) is 0 Å². The van der Waals surface area contributed by atoms with Crippen molar-refractivity contribution in [1.29, 1.82) is 0 Å². The molecule has 1 saturated heterocycles. The van der Waals surface area contributed by atoms with E-state index in [1.165, 1.54) is 0 Å². The van der Waals surface area contributed by atoms with Crippen molar-refractivity contribution in [2.75, 3.05) is 12.1 Å². The summed E-state index contributed by atoms with van der Waals surface area (Å²) in [6.45, 7) is 2.00. The predicted octanol–water partition coefficient (Wildman–Crippen LogP) is 1.98. The van der Waals surface area contributed by atoms with Crippen LogP contribution >= 0.6 is 0 Å². The van der Waals surface area contributed by atoms with Crippen LogP contribution in [0, 0.1) is 10.1 Å². The molecule has 3 aliphatic rings. The third-order valence-electron chi connectivity index (χ3n) is 5.74. The maximum atomic E-state index is 13.0. The van der Waals surface area contributed by atoms with Crippen LogP contribution in [-0.4, -0.2) is 29.7 Å². The molecule has 1 fully saturated rings. The summed E-state index contributed by atoms with van der Waals surface area (Å²) in [5.74, 6) is 0.291. The monoisotopic (exact) mass is 367 g/mol. The summed E-state index contributed by atoms with van der Waals surface area (Å²) in [5, 5.41) is 18.3. The predicted molar refractivity (Wildman–Crippen MR) is 95.4 cm³/mol. The van der Waals surface area contributed by atoms with Crippen molar-refractivity contribution >= 4 is 11.6 Å². The maximum absolute atomic E-state index is 13.0. The number of ether oxygens (including phenoxy) is 2. The molecular formula is C19H17N3O5. The summed E-state index contributed by atoms with van der Waals surface area (Å²) in [5.41, 5.74) is 0.572. The van der Waals surface area contributed by atoms with Gasteiger partial charge in [-0.2, -0.15) is 0 Å². The molecule has 8 heteroatoms. The standard InChI is InChI=1S/C19H17N3O5/c1-10-16(11-6-7-14-15(8-11)27-9-26-14)17(22(24)25)19(21-10)12-4-2-3-5-13(12)20-18(19)23/h2-8,10,16-17,21H,9H2,1H3,(H,20,23)/t10-,16+,17+,19-/m0/s1. The van der Waals surface area contributed by atoms with Gasteiger partial charge in [0.05, 0.1) is 5.92 Å². The van der Waals surface area contributed by atoms with Crippen molar-refractivity contribution in [2.45, 2.75) is 30.5 Å².